The Bertz CT molecular complexity index is 761. The van der Waals surface area contributed by atoms with Gasteiger partial charge < -0.3 is 13.8 Å². The third kappa shape index (κ3) is 7.22. The van der Waals surface area contributed by atoms with Gasteiger partial charge in [-0.25, -0.2) is 4.57 Å². The first-order chi connectivity index (χ1) is 13.8. The van der Waals surface area contributed by atoms with E-state index in [-0.39, 0.29) is 12.6 Å². The van der Waals surface area contributed by atoms with Gasteiger partial charge >= 0.3 is 13.8 Å². The van der Waals surface area contributed by atoms with Crippen LogP contribution in [0.5, 0.6) is 11.5 Å². The van der Waals surface area contributed by atoms with Crippen LogP contribution in [0, 0.1) is 5.41 Å². The van der Waals surface area contributed by atoms with Crippen LogP contribution in [0.1, 0.15) is 40.5 Å². The van der Waals surface area contributed by atoms with E-state index in [1.54, 1.807) is 48.5 Å². The number of phosphoric acid groups is 1. The lowest BCUT2D eigenvalue weighted by Crippen LogP contribution is -2.30. The number of para-hydroxylation sites is 2. The van der Waals surface area contributed by atoms with Crippen LogP contribution in [0.15, 0.2) is 60.7 Å². The molecule has 0 amide bonds. The summed E-state index contributed by atoms with van der Waals surface area (Å²) in [6, 6.07) is 17.3. The maximum atomic E-state index is 13.4. The van der Waals surface area contributed by atoms with Gasteiger partial charge in [0.25, 0.3) is 0 Å². The van der Waals surface area contributed by atoms with Gasteiger partial charge in [-0.15, -0.1) is 0 Å². The second kappa shape index (κ2) is 10.5. The number of rotatable bonds is 11. The maximum absolute atomic E-state index is 13.4. The topological polar surface area (TPSA) is 71.1 Å². The summed E-state index contributed by atoms with van der Waals surface area (Å²) in [5.74, 6) is 0.376. The highest BCUT2D eigenvalue weighted by molar-refractivity contribution is 7.49. The van der Waals surface area contributed by atoms with Crippen LogP contribution >= 0.6 is 7.82 Å². The van der Waals surface area contributed by atoms with E-state index in [4.69, 9.17) is 18.3 Å². The fourth-order valence-corrected chi connectivity index (χ4v) is 3.65. The lowest BCUT2D eigenvalue weighted by Gasteiger charge is -2.25. The Morgan fingerprint density at radius 2 is 1.41 bits per heavy atom. The summed E-state index contributed by atoms with van der Waals surface area (Å²) in [5, 5.41) is 0. The molecule has 0 saturated heterocycles. The number of ether oxygens (including phenoxy) is 1. The van der Waals surface area contributed by atoms with Gasteiger partial charge in [0.15, 0.2) is 0 Å². The van der Waals surface area contributed by atoms with Gasteiger partial charge in [0.1, 0.15) is 24.2 Å². The SMILES string of the molecule is CCC(COC(=O)C(C)(C)CC)OP(=O)(Oc1ccccc1)Oc1ccccc1. The van der Waals surface area contributed by atoms with Crippen molar-refractivity contribution in [3.8, 4) is 11.5 Å². The Morgan fingerprint density at radius 1 is 0.931 bits per heavy atom. The molecule has 0 aliphatic heterocycles. The zero-order chi connectivity index (χ0) is 21.3. The van der Waals surface area contributed by atoms with Gasteiger partial charge in [-0.05, 0) is 51.0 Å². The van der Waals surface area contributed by atoms with Crippen LogP contribution in [0.3, 0.4) is 0 Å². The van der Waals surface area contributed by atoms with Crippen molar-refractivity contribution in [2.75, 3.05) is 6.61 Å². The molecule has 0 aliphatic carbocycles. The summed E-state index contributed by atoms with van der Waals surface area (Å²) in [6.07, 6.45) is 0.459. The van der Waals surface area contributed by atoms with E-state index >= 15 is 0 Å². The van der Waals surface area contributed by atoms with Crippen LogP contribution in [-0.2, 0) is 18.6 Å². The van der Waals surface area contributed by atoms with Gasteiger partial charge in [-0.1, -0.05) is 50.2 Å². The highest BCUT2D eigenvalue weighted by Gasteiger charge is 2.35. The van der Waals surface area contributed by atoms with Crippen molar-refractivity contribution < 1.29 is 27.7 Å². The minimum atomic E-state index is -4.03. The van der Waals surface area contributed by atoms with Crippen LogP contribution in [0.25, 0.3) is 0 Å². The highest BCUT2D eigenvalue weighted by atomic mass is 31.2. The van der Waals surface area contributed by atoms with Crippen LogP contribution in [0.4, 0.5) is 0 Å². The van der Waals surface area contributed by atoms with Crippen molar-refractivity contribution in [1.29, 1.82) is 0 Å². The Hall–Kier alpha value is -2.30. The van der Waals surface area contributed by atoms with Crippen molar-refractivity contribution in [3.63, 3.8) is 0 Å². The van der Waals surface area contributed by atoms with Crippen LogP contribution < -0.4 is 9.05 Å². The molecule has 6 nitrogen and oxygen atoms in total. The third-order valence-corrected chi connectivity index (χ3v) is 5.92. The first kappa shape index (κ1) is 23.0. The first-order valence-electron chi connectivity index (χ1n) is 9.73. The van der Waals surface area contributed by atoms with Crippen molar-refractivity contribution in [2.24, 2.45) is 5.41 Å². The summed E-state index contributed by atoms with van der Waals surface area (Å²) >= 11 is 0. The Kier molecular flexibility index (Phi) is 8.30. The average Bonchev–Trinajstić information content (AvgIpc) is 2.72. The number of carbonyl (C=O) groups is 1. The predicted octanol–water partition coefficient (Wildman–Crippen LogP) is 6.03. The normalized spacial score (nSPS) is 12.8. The molecule has 1 atom stereocenters. The second-order valence-corrected chi connectivity index (χ2v) is 8.70. The monoisotopic (exact) mass is 420 g/mol. The third-order valence-electron chi connectivity index (χ3n) is 4.49. The van der Waals surface area contributed by atoms with Gasteiger partial charge in [-0.3, -0.25) is 9.32 Å². The molecular formula is C22H29O6P. The Labute approximate surface area is 172 Å². The van der Waals surface area contributed by atoms with Crippen LogP contribution in [-0.4, -0.2) is 18.7 Å². The summed E-state index contributed by atoms with van der Waals surface area (Å²) in [4.78, 5) is 12.3. The van der Waals surface area contributed by atoms with E-state index in [0.29, 0.717) is 24.3 Å². The quantitative estimate of drug-likeness (QED) is 0.327. The molecule has 29 heavy (non-hydrogen) atoms. The lowest BCUT2D eigenvalue weighted by molar-refractivity contribution is -0.156. The summed E-state index contributed by atoms with van der Waals surface area (Å²) in [6.45, 7) is 7.36. The largest absolute Gasteiger partial charge is 0.587 e. The number of esters is 1. The summed E-state index contributed by atoms with van der Waals surface area (Å²) in [5.41, 5.74) is -0.594. The number of hydrogen-bond donors (Lipinski definition) is 0. The minimum absolute atomic E-state index is 0.0426. The standard InChI is InChI=1S/C22H29O6P/c1-5-18(17-25-21(23)22(3,4)6-2)26-29(24,27-19-13-9-7-10-14-19)28-20-15-11-8-12-16-20/h7-16,18H,5-6,17H2,1-4H3. The number of phosphoric ester groups is 1. The Balaban J connectivity index is 2.14. The van der Waals surface area contributed by atoms with Gasteiger partial charge in [0, 0.05) is 0 Å². The molecule has 2 aromatic rings. The molecule has 0 saturated carbocycles. The van der Waals surface area contributed by atoms with Gasteiger partial charge in [0.05, 0.1) is 5.41 Å². The molecule has 7 heteroatoms. The van der Waals surface area contributed by atoms with E-state index in [9.17, 15) is 9.36 Å². The first-order valence-corrected chi connectivity index (χ1v) is 11.2. The molecule has 0 radical (unpaired) electrons. The number of benzene rings is 2. The van der Waals surface area contributed by atoms with E-state index in [1.165, 1.54) is 0 Å². The predicted molar refractivity (Wildman–Crippen MR) is 112 cm³/mol. The van der Waals surface area contributed by atoms with E-state index < -0.39 is 19.3 Å². The molecule has 1 unspecified atom stereocenters. The molecule has 0 heterocycles. The Morgan fingerprint density at radius 3 is 1.83 bits per heavy atom. The molecular weight excluding hydrogens is 391 g/mol. The summed E-state index contributed by atoms with van der Waals surface area (Å²) < 4.78 is 35.7. The molecule has 0 aromatic heterocycles. The van der Waals surface area contributed by atoms with Crippen LogP contribution in [0.2, 0.25) is 0 Å². The molecule has 0 bridgehead atoms. The number of carbonyl (C=O) groups excluding carboxylic acids is 1. The zero-order valence-corrected chi connectivity index (χ0v) is 18.3. The van der Waals surface area contributed by atoms with E-state index in [2.05, 4.69) is 0 Å². The van der Waals surface area contributed by atoms with Crippen molar-refractivity contribution >= 4 is 13.8 Å². The zero-order valence-electron chi connectivity index (χ0n) is 17.4. The fourth-order valence-electron chi connectivity index (χ4n) is 2.20. The fraction of sp³-hybridized carbons (Fsp3) is 0.409. The van der Waals surface area contributed by atoms with E-state index in [1.807, 2.05) is 39.8 Å². The number of hydrogen-bond acceptors (Lipinski definition) is 6. The molecule has 0 aliphatic rings. The minimum Gasteiger partial charge on any atom is -0.462 e. The maximum Gasteiger partial charge on any atom is 0.587 e. The molecule has 0 N–H and O–H groups in total. The lowest BCUT2D eigenvalue weighted by atomic mass is 9.91. The molecule has 158 valence electrons. The molecule has 2 rings (SSSR count). The van der Waals surface area contributed by atoms with Crippen molar-refractivity contribution in [1.82, 2.24) is 0 Å². The average molecular weight is 420 g/mol. The second-order valence-electron chi connectivity index (χ2n) is 7.23. The van der Waals surface area contributed by atoms with Gasteiger partial charge in [-0.2, -0.15) is 0 Å². The van der Waals surface area contributed by atoms with Gasteiger partial charge in [0.2, 0.25) is 0 Å². The smallest absolute Gasteiger partial charge is 0.462 e. The van der Waals surface area contributed by atoms with Crippen molar-refractivity contribution in [2.45, 2.75) is 46.6 Å². The van der Waals surface area contributed by atoms with Crippen molar-refractivity contribution in [3.05, 3.63) is 60.7 Å². The molecule has 0 fully saturated rings. The summed E-state index contributed by atoms with van der Waals surface area (Å²) in [7, 11) is -4.03. The van der Waals surface area contributed by atoms with E-state index in [0.717, 1.165) is 0 Å². The molecule has 2 aromatic carbocycles. The molecule has 0 spiro atoms. The highest BCUT2D eigenvalue weighted by Crippen LogP contribution is 2.51.